The van der Waals surface area contributed by atoms with E-state index in [1.807, 2.05) is 42.6 Å². The maximum Gasteiger partial charge on any atom is 0.235 e. The molecule has 2 aromatic heterocycles. The molecule has 1 amide bonds. The molecule has 0 radical (unpaired) electrons. The van der Waals surface area contributed by atoms with Crippen LogP contribution in [0.1, 0.15) is 12.5 Å². The van der Waals surface area contributed by atoms with E-state index in [0.717, 1.165) is 15.9 Å². The molecule has 0 aliphatic heterocycles. The molecule has 3 rings (SSSR count). The summed E-state index contributed by atoms with van der Waals surface area (Å²) in [7, 11) is 3.54. The van der Waals surface area contributed by atoms with E-state index in [4.69, 9.17) is 0 Å². The van der Waals surface area contributed by atoms with Gasteiger partial charge in [0.1, 0.15) is 0 Å². The first kappa shape index (κ1) is 17.7. The van der Waals surface area contributed by atoms with Gasteiger partial charge >= 0.3 is 0 Å². The van der Waals surface area contributed by atoms with E-state index in [1.165, 1.54) is 17.3 Å². The summed E-state index contributed by atoms with van der Waals surface area (Å²) in [4.78, 5) is 14.9. The average molecular weight is 373 g/mol. The summed E-state index contributed by atoms with van der Waals surface area (Å²) in [6.07, 6.45) is 0. The highest BCUT2D eigenvalue weighted by atomic mass is 32.2. The largest absolute Gasteiger partial charge is 0.348 e. The quantitative estimate of drug-likeness (QED) is 0.620. The molecule has 2 heterocycles. The normalized spacial score (nSPS) is 12.1. The van der Waals surface area contributed by atoms with Gasteiger partial charge in [-0.1, -0.05) is 48.2 Å². The van der Waals surface area contributed by atoms with Gasteiger partial charge in [-0.2, -0.15) is 0 Å². The maximum absolute atomic E-state index is 12.2. The number of hydrogen-bond donors (Lipinski definition) is 0. The van der Waals surface area contributed by atoms with E-state index < -0.39 is 0 Å². The van der Waals surface area contributed by atoms with Crippen LogP contribution in [0.2, 0.25) is 0 Å². The highest BCUT2D eigenvalue weighted by Gasteiger charge is 2.22. The van der Waals surface area contributed by atoms with Crippen LogP contribution in [0, 0.1) is 0 Å². The first-order chi connectivity index (χ1) is 12.1. The Bertz CT molecular complexity index is 828. The lowest BCUT2D eigenvalue weighted by atomic mass is 10.2. The molecule has 0 fully saturated rings. The molecular weight excluding hydrogens is 352 g/mol. The third kappa shape index (κ3) is 4.11. The van der Waals surface area contributed by atoms with Crippen molar-refractivity contribution >= 4 is 29.0 Å². The third-order valence-corrected chi connectivity index (χ3v) is 5.65. The summed E-state index contributed by atoms with van der Waals surface area (Å²) < 4.78 is 2.09. The number of hydrogen-bond acceptors (Lipinski definition) is 5. The second kappa shape index (κ2) is 7.84. The van der Waals surface area contributed by atoms with Crippen molar-refractivity contribution in [3.05, 3.63) is 53.4 Å². The molecule has 1 unspecified atom stereocenters. The minimum Gasteiger partial charge on any atom is -0.348 e. The number of benzene rings is 1. The number of nitrogens with zero attached hydrogens (tertiary/aromatic N) is 4. The zero-order valence-corrected chi connectivity index (χ0v) is 16.0. The van der Waals surface area contributed by atoms with E-state index in [-0.39, 0.29) is 11.2 Å². The number of rotatable bonds is 6. The van der Waals surface area contributed by atoms with Gasteiger partial charge in [0.2, 0.25) is 5.91 Å². The van der Waals surface area contributed by atoms with Gasteiger partial charge in [0.05, 0.1) is 16.7 Å². The molecule has 1 atom stereocenters. The van der Waals surface area contributed by atoms with Crippen LogP contribution in [-0.2, 0) is 11.3 Å². The number of carbonyl (C=O) groups is 1. The van der Waals surface area contributed by atoms with Crippen LogP contribution in [0.15, 0.2) is 53.0 Å². The van der Waals surface area contributed by atoms with Crippen LogP contribution < -0.4 is 0 Å². The van der Waals surface area contributed by atoms with Crippen molar-refractivity contribution in [3.63, 3.8) is 0 Å². The van der Waals surface area contributed by atoms with Gasteiger partial charge in [-0.15, -0.1) is 21.5 Å². The van der Waals surface area contributed by atoms with Crippen molar-refractivity contribution in [2.75, 3.05) is 14.1 Å². The van der Waals surface area contributed by atoms with Gasteiger partial charge in [-0.05, 0) is 23.9 Å². The Balaban J connectivity index is 1.94. The number of amides is 1. The van der Waals surface area contributed by atoms with Crippen molar-refractivity contribution in [3.8, 4) is 10.7 Å². The van der Waals surface area contributed by atoms with Crippen LogP contribution in [0.25, 0.3) is 10.7 Å². The third-order valence-electron chi connectivity index (χ3n) is 3.71. The predicted molar refractivity (Wildman–Crippen MR) is 103 cm³/mol. The van der Waals surface area contributed by atoms with E-state index in [2.05, 4.69) is 26.9 Å². The fraction of sp³-hybridized carbons (Fsp3) is 0.278. The molecule has 25 heavy (non-hydrogen) atoms. The summed E-state index contributed by atoms with van der Waals surface area (Å²) in [6, 6.07) is 14.3. The Kier molecular flexibility index (Phi) is 5.55. The first-order valence-electron chi connectivity index (χ1n) is 7.95. The van der Waals surface area contributed by atoms with Crippen LogP contribution in [0.4, 0.5) is 0 Å². The van der Waals surface area contributed by atoms with Crippen molar-refractivity contribution < 1.29 is 4.79 Å². The molecule has 3 aromatic rings. The van der Waals surface area contributed by atoms with E-state index in [1.54, 1.807) is 30.3 Å². The minimum atomic E-state index is -0.218. The van der Waals surface area contributed by atoms with Gasteiger partial charge in [0, 0.05) is 14.1 Å². The maximum atomic E-state index is 12.2. The first-order valence-corrected chi connectivity index (χ1v) is 9.71. The SMILES string of the molecule is CC(Sc1nnc(-c2cccs2)n1Cc1ccccc1)C(=O)N(C)C. The molecular formula is C18H20N4OS2. The Hall–Kier alpha value is -2.12. The van der Waals surface area contributed by atoms with Crippen LogP contribution >= 0.6 is 23.1 Å². The second-order valence-corrected chi connectivity index (χ2v) is 8.10. The number of carbonyl (C=O) groups excluding carboxylic acids is 1. The molecule has 130 valence electrons. The van der Waals surface area contributed by atoms with Crippen molar-refractivity contribution in [1.29, 1.82) is 0 Å². The Morgan fingerprint density at radius 3 is 2.60 bits per heavy atom. The fourth-order valence-corrected chi connectivity index (χ4v) is 4.16. The summed E-state index contributed by atoms with van der Waals surface area (Å²) in [6.45, 7) is 2.58. The van der Waals surface area contributed by atoms with Crippen molar-refractivity contribution in [1.82, 2.24) is 19.7 Å². The number of thioether (sulfide) groups is 1. The zero-order valence-electron chi connectivity index (χ0n) is 14.4. The summed E-state index contributed by atoms with van der Waals surface area (Å²) in [5, 5.41) is 11.3. The standard InChI is InChI=1S/C18H20N4OS2/c1-13(17(23)21(2)3)25-18-20-19-16(15-10-7-11-24-15)22(18)12-14-8-5-4-6-9-14/h4-11,13H,12H2,1-3H3. The second-order valence-electron chi connectivity index (χ2n) is 5.85. The van der Waals surface area contributed by atoms with Gasteiger partial charge in [-0.25, -0.2) is 0 Å². The molecule has 1 aromatic carbocycles. The Labute approximate surface area is 155 Å². The number of aromatic nitrogens is 3. The average Bonchev–Trinajstić information content (AvgIpc) is 3.25. The summed E-state index contributed by atoms with van der Waals surface area (Å²) >= 11 is 3.08. The van der Waals surface area contributed by atoms with Gasteiger partial charge < -0.3 is 4.90 Å². The van der Waals surface area contributed by atoms with Crippen LogP contribution in [0.5, 0.6) is 0 Å². The molecule has 0 spiro atoms. The minimum absolute atomic E-state index is 0.0666. The summed E-state index contributed by atoms with van der Waals surface area (Å²) in [5.41, 5.74) is 1.17. The lowest BCUT2D eigenvalue weighted by Crippen LogP contribution is -2.29. The Morgan fingerprint density at radius 1 is 1.20 bits per heavy atom. The van der Waals surface area contributed by atoms with Gasteiger partial charge in [-0.3, -0.25) is 9.36 Å². The predicted octanol–water partition coefficient (Wildman–Crippen LogP) is 3.62. The molecule has 7 heteroatoms. The molecule has 0 saturated heterocycles. The summed E-state index contributed by atoms with van der Waals surface area (Å²) in [5.74, 6) is 0.905. The highest BCUT2D eigenvalue weighted by molar-refractivity contribution is 8.00. The smallest absolute Gasteiger partial charge is 0.235 e. The lowest BCUT2D eigenvalue weighted by molar-refractivity contribution is -0.127. The molecule has 0 N–H and O–H groups in total. The lowest BCUT2D eigenvalue weighted by Gasteiger charge is -2.16. The van der Waals surface area contributed by atoms with Crippen molar-refractivity contribution in [2.45, 2.75) is 23.9 Å². The van der Waals surface area contributed by atoms with E-state index in [9.17, 15) is 4.79 Å². The van der Waals surface area contributed by atoms with Gasteiger partial charge in [0.15, 0.2) is 11.0 Å². The Morgan fingerprint density at radius 2 is 1.96 bits per heavy atom. The fourth-order valence-electron chi connectivity index (χ4n) is 2.44. The van der Waals surface area contributed by atoms with E-state index in [0.29, 0.717) is 6.54 Å². The zero-order chi connectivity index (χ0) is 17.8. The number of thiophene rings is 1. The molecule has 0 aliphatic carbocycles. The highest BCUT2D eigenvalue weighted by Crippen LogP contribution is 2.30. The molecule has 5 nitrogen and oxygen atoms in total. The molecule has 0 aliphatic rings. The molecule has 0 saturated carbocycles. The monoisotopic (exact) mass is 372 g/mol. The van der Waals surface area contributed by atoms with Gasteiger partial charge in [0.25, 0.3) is 0 Å². The van der Waals surface area contributed by atoms with E-state index >= 15 is 0 Å². The van der Waals surface area contributed by atoms with Crippen LogP contribution in [0.3, 0.4) is 0 Å². The van der Waals surface area contributed by atoms with Crippen LogP contribution in [-0.4, -0.2) is 44.9 Å². The molecule has 0 bridgehead atoms. The van der Waals surface area contributed by atoms with Crippen molar-refractivity contribution in [2.24, 2.45) is 0 Å². The topological polar surface area (TPSA) is 51.0 Å².